The molecule has 0 spiro atoms. The van der Waals surface area contributed by atoms with Gasteiger partial charge >= 0.3 is 0 Å². The highest BCUT2D eigenvalue weighted by molar-refractivity contribution is 5.92. The predicted molar refractivity (Wildman–Crippen MR) is 95.2 cm³/mol. The smallest absolute Gasteiger partial charge is 0.273 e. The van der Waals surface area contributed by atoms with Gasteiger partial charge in [0.15, 0.2) is 5.69 Å². The van der Waals surface area contributed by atoms with Gasteiger partial charge in [-0.3, -0.25) is 9.69 Å². The minimum atomic E-state index is -0.0920. The van der Waals surface area contributed by atoms with Crippen molar-refractivity contribution >= 4 is 5.91 Å². The summed E-state index contributed by atoms with van der Waals surface area (Å²) in [7, 11) is 0. The summed E-state index contributed by atoms with van der Waals surface area (Å²) < 4.78 is 1.88. The third-order valence-corrected chi connectivity index (χ3v) is 5.08. The van der Waals surface area contributed by atoms with Gasteiger partial charge in [-0.2, -0.15) is 0 Å². The molecule has 2 aromatic rings. The number of hydrogen-bond acceptors (Lipinski definition) is 4. The molecule has 1 aliphatic heterocycles. The van der Waals surface area contributed by atoms with Crippen molar-refractivity contribution < 1.29 is 4.79 Å². The number of piperidine rings is 1. The Labute approximate surface area is 148 Å². The van der Waals surface area contributed by atoms with E-state index in [9.17, 15) is 4.79 Å². The van der Waals surface area contributed by atoms with Crippen LogP contribution in [0.1, 0.15) is 53.3 Å². The first-order valence-corrected chi connectivity index (χ1v) is 9.18. The van der Waals surface area contributed by atoms with Gasteiger partial charge in [0.05, 0.1) is 12.2 Å². The van der Waals surface area contributed by atoms with Crippen LogP contribution in [0.3, 0.4) is 0 Å². The van der Waals surface area contributed by atoms with Crippen molar-refractivity contribution in [3.63, 3.8) is 0 Å². The van der Waals surface area contributed by atoms with Crippen LogP contribution in [0, 0.1) is 6.92 Å². The molecule has 1 aromatic heterocycles. The Morgan fingerprint density at radius 1 is 1.24 bits per heavy atom. The van der Waals surface area contributed by atoms with Gasteiger partial charge in [-0.15, -0.1) is 5.10 Å². The standard InChI is InChI=1S/C19H25N5O/c1-14-3-2-4-15(11-14)12-23-9-7-17(8-10-23)24-13-18(21-22-24)19(25)20-16-5-6-16/h2-4,11,13,16-17H,5-10,12H2,1H3,(H,20,25). The molecule has 1 N–H and O–H groups in total. The highest BCUT2D eigenvalue weighted by Crippen LogP contribution is 2.23. The number of hydrogen-bond donors (Lipinski definition) is 1. The lowest BCUT2D eigenvalue weighted by Crippen LogP contribution is -2.34. The molecule has 4 rings (SSSR count). The van der Waals surface area contributed by atoms with Gasteiger partial charge in [-0.25, -0.2) is 4.68 Å². The molecule has 1 saturated heterocycles. The Balaban J connectivity index is 1.31. The fourth-order valence-electron chi connectivity index (χ4n) is 3.46. The Morgan fingerprint density at radius 3 is 2.76 bits per heavy atom. The molecule has 2 aliphatic rings. The summed E-state index contributed by atoms with van der Waals surface area (Å²) >= 11 is 0. The van der Waals surface area contributed by atoms with Crippen LogP contribution in [0.5, 0.6) is 0 Å². The lowest BCUT2D eigenvalue weighted by atomic mass is 10.0. The van der Waals surface area contributed by atoms with E-state index < -0.39 is 0 Å². The first-order valence-electron chi connectivity index (χ1n) is 9.18. The van der Waals surface area contributed by atoms with Crippen molar-refractivity contribution in [3.05, 3.63) is 47.3 Å². The normalized spacial score (nSPS) is 19.1. The van der Waals surface area contributed by atoms with E-state index >= 15 is 0 Å². The Hall–Kier alpha value is -2.21. The lowest BCUT2D eigenvalue weighted by Gasteiger charge is -2.31. The number of nitrogens with one attached hydrogen (secondary N) is 1. The molecule has 2 heterocycles. The van der Waals surface area contributed by atoms with Gasteiger partial charge in [0.2, 0.25) is 0 Å². The van der Waals surface area contributed by atoms with E-state index in [4.69, 9.17) is 0 Å². The van der Waals surface area contributed by atoms with Crippen LogP contribution >= 0.6 is 0 Å². The van der Waals surface area contributed by atoms with Gasteiger partial charge in [0.1, 0.15) is 0 Å². The first kappa shape index (κ1) is 16.3. The van der Waals surface area contributed by atoms with Crippen molar-refractivity contribution in [2.24, 2.45) is 0 Å². The van der Waals surface area contributed by atoms with E-state index in [1.165, 1.54) is 11.1 Å². The monoisotopic (exact) mass is 339 g/mol. The topological polar surface area (TPSA) is 63.1 Å². The van der Waals surface area contributed by atoms with Crippen molar-refractivity contribution in [3.8, 4) is 0 Å². The number of carbonyl (C=O) groups is 1. The first-order chi connectivity index (χ1) is 12.2. The van der Waals surface area contributed by atoms with Crippen molar-refractivity contribution in [1.29, 1.82) is 0 Å². The number of aromatic nitrogens is 3. The Bertz CT molecular complexity index is 744. The molecule has 25 heavy (non-hydrogen) atoms. The van der Waals surface area contributed by atoms with Gasteiger partial charge in [0.25, 0.3) is 5.91 Å². The third-order valence-electron chi connectivity index (χ3n) is 5.08. The van der Waals surface area contributed by atoms with E-state index in [1.54, 1.807) is 6.20 Å². The maximum Gasteiger partial charge on any atom is 0.273 e. The van der Waals surface area contributed by atoms with E-state index in [1.807, 2.05) is 4.68 Å². The largest absolute Gasteiger partial charge is 0.348 e. The molecule has 1 amide bonds. The van der Waals surface area contributed by atoms with Crippen LogP contribution in [-0.4, -0.2) is 44.9 Å². The minimum Gasteiger partial charge on any atom is -0.348 e. The fraction of sp³-hybridized carbons (Fsp3) is 0.526. The van der Waals surface area contributed by atoms with E-state index in [2.05, 4.69) is 51.7 Å². The van der Waals surface area contributed by atoms with Gasteiger partial charge in [0, 0.05) is 25.7 Å². The van der Waals surface area contributed by atoms with Crippen molar-refractivity contribution in [2.75, 3.05) is 13.1 Å². The summed E-state index contributed by atoms with van der Waals surface area (Å²) in [5.41, 5.74) is 3.12. The predicted octanol–water partition coefficient (Wildman–Crippen LogP) is 2.32. The van der Waals surface area contributed by atoms with Gasteiger partial charge in [-0.05, 0) is 38.2 Å². The number of nitrogens with zero attached hydrogens (tertiary/aromatic N) is 4. The average Bonchev–Trinajstić information content (AvgIpc) is 3.28. The summed E-state index contributed by atoms with van der Waals surface area (Å²) in [6.07, 6.45) is 6.05. The van der Waals surface area contributed by atoms with Gasteiger partial charge < -0.3 is 5.32 Å². The zero-order valence-corrected chi connectivity index (χ0v) is 14.7. The molecule has 1 saturated carbocycles. The molecule has 0 bridgehead atoms. The molecule has 2 fully saturated rings. The Morgan fingerprint density at radius 2 is 2.04 bits per heavy atom. The van der Waals surface area contributed by atoms with Gasteiger partial charge in [-0.1, -0.05) is 35.0 Å². The van der Waals surface area contributed by atoms with E-state index in [0.717, 1.165) is 45.3 Å². The maximum absolute atomic E-state index is 12.0. The molecule has 1 aliphatic carbocycles. The number of carbonyl (C=O) groups excluding carboxylic acids is 1. The summed E-state index contributed by atoms with van der Waals surface area (Å²) in [5.74, 6) is -0.0920. The van der Waals surface area contributed by atoms with Crippen LogP contribution in [0.2, 0.25) is 0 Å². The molecule has 6 nitrogen and oxygen atoms in total. The van der Waals surface area contributed by atoms with Crippen LogP contribution in [0.25, 0.3) is 0 Å². The summed E-state index contributed by atoms with van der Waals surface area (Å²) in [6.45, 7) is 5.22. The minimum absolute atomic E-state index is 0.0920. The Kier molecular flexibility index (Phi) is 4.53. The zero-order chi connectivity index (χ0) is 17.2. The maximum atomic E-state index is 12.0. The number of likely N-dealkylation sites (tertiary alicyclic amines) is 1. The van der Waals surface area contributed by atoms with Crippen molar-refractivity contribution in [2.45, 2.75) is 51.2 Å². The molecule has 132 valence electrons. The molecule has 6 heteroatoms. The zero-order valence-electron chi connectivity index (χ0n) is 14.7. The molecule has 1 aromatic carbocycles. The van der Waals surface area contributed by atoms with Crippen LogP contribution < -0.4 is 5.32 Å². The molecule has 0 radical (unpaired) electrons. The van der Waals surface area contributed by atoms with Crippen molar-refractivity contribution in [1.82, 2.24) is 25.2 Å². The molecular weight excluding hydrogens is 314 g/mol. The highest BCUT2D eigenvalue weighted by atomic mass is 16.2. The fourth-order valence-corrected chi connectivity index (χ4v) is 3.46. The second-order valence-electron chi connectivity index (χ2n) is 7.33. The summed E-state index contributed by atoms with van der Waals surface area (Å²) in [6, 6.07) is 9.40. The highest BCUT2D eigenvalue weighted by Gasteiger charge is 2.26. The van der Waals surface area contributed by atoms with E-state index in [0.29, 0.717) is 17.8 Å². The van der Waals surface area contributed by atoms with Crippen LogP contribution in [-0.2, 0) is 6.54 Å². The number of benzene rings is 1. The number of amides is 1. The number of rotatable bonds is 5. The summed E-state index contributed by atoms with van der Waals surface area (Å²) in [5, 5.41) is 11.2. The lowest BCUT2D eigenvalue weighted by molar-refractivity contribution is 0.0946. The quantitative estimate of drug-likeness (QED) is 0.908. The SMILES string of the molecule is Cc1cccc(CN2CCC(n3cc(C(=O)NC4CC4)nn3)CC2)c1. The van der Waals surface area contributed by atoms with Crippen LogP contribution in [0.4, 0.5) is 0 Å². The third kappa shape index (κ3) is 4.07. The second-order valence-corrected chi connectivity index (χ2v) is 7.33. The average molecular weight is 339 g/mol. The molecule has 0 atom stereocenters. The molecular formula is C19H25N5O. The number of aryl methyl sites for hydroxylation is 1. The summed E-state index contributed by atoms with van der Waals surface area (Å²) in [4.78, 5) is 14.5. The van der Waals surface area contributed by atoms with E-state index in [-0.39, 0.29) is 5.91 Å². The van der Waals surface area contributed by atoms with Crippen LogP contribution in [0.15, 0.2) is 30.5 Å². The second kappa shape index (κ2) is 6.96. The molecule has 0 unspecified atom stereocenters.